The van der Waals surface area contributed by atoms with Gasteiger partial charge in [0, 0.05) is 0 Å². The molecule has 5 atom stereocenters. The maximum absolute atomic E-state index is 9.12. The van der Waals surface area contributed by atoms with Crippen molar-refractivity contribution in [1.82, 2.24) is 0 Å². The summed E-state index contributed by atoms with van der Waals surface area (Å²) in [5.41, 5.74) is 0. The topological polar surface area (TPSA) is 110 Å². The molecule has 0 amide bonds. The third-order valence-corrected chi connectivity index (χ3v) is 1.87. The molecular formula is C6H13ClO6. The van der Waals surface area contributed by atoms with Gasteiger partial charge in [-0.05, 0) is 0 Å². The van der Waals surface area contributed by atoms with Gasteiger partial charge in [-0.25, -0.2) is 0 Å². The molecule has 0 aliphatic carbocycles. The number of hydrogen-bond donors (Lipinski definition) is 5. The Morgan fingerprint density at radius 3 is 1.92 bits per heavy atom. The van der Waals surface area contributed by atoms with E-state index in [9.17, 15) is 0 Å². The van der Waals surface area contributed by atoms with Crippen LogP contribution in [0.15, 0.2) is 0 Å². The van der Waals surface area contributed by atoms with Crippen LogP contribution in [0.3, 0.4) is 0 Å². The molecule has 80 valence electrons. The predicted octanol–water partition coefficient (Wildman–Crippen LogP) is -2.80. The first kappa shape index (κ1) is 13.1. The highest BCUT2D eigenvalue weighted by Crippen LogP contribution is 2.18. The lowest BCUT2D eigenvalue weighted by Gasteiger charge is -2.37. The van der Waals surface area contributed by atoms with Gasteiger partial charge in [0.2, 0.25) is 0 Å². The zero-order valence-electron chi connectivity index (χ0n) is 6.65. The Morgan fingerprint density at radius 1 is 0.923 bits per heavy atom. The molecule has 0 radical (unpaired) electrons. The minimum Gasteiger partial charge on any atom is -0.394 e. The van der Waals surface area contributed by atoms with Crippen molar-refractivity contribution in [2.45, 2.75) is 30.7 Å². The summed E-state index contributed by atoms with van der Waals surface area (Å²) >= 11 is 0. The summed E-state index contributed by atoms with van der Waals surface area (Å²) in [5.74, 6) is 0. The van der Waals surface area contributed by atoms with Crippen LogP contribution in [0.4, 0.5) is 0 Å². The van der Waals surface area contributed by atoms with Crippen LogP contribution in [0.5, 0.6) is 0 Å². The predicted molar refractivity (Wildman–Crippen MR) is 43.2 cm³/mol. The summed E-state index contributed by atoms with van der Waals surface area (Å²) in [6, 6.07) is 0. The Kier molecular flexibility index (Phi) is 5.08. The summed E-state index contributed by atoms with van der Waals surface area (Å²) in [4.78, 5) is 0. The lowest BCUT2D eigenvalue weighted by molar-refractivity contribution is -0.286. The van der Waals surface area contributed by atoms with Crippen molar-refractivity contribution in [3.05, 3.63) is 0 Å². The van der Waals surface area contributed by atoms with E-state index in [-0.39, 0.29) is 12.4 Å². The zero-order chi connectivity index (χ0) is 9.30. The third kappa shape index (κ3) is 2.50. The van der Waals surface area contributed by atoms with Gasteiger partial charge in [0.05, 0.1) is 6.61 Å². The molecule has 6 nitrogen and oxygen atoms in total. The molecule has 13 heavy (non-hydrogen) atoms. The fraction of sp³-hybridized carbons (Fsp3) is 1.00. The first-order valence-corrected chi connectivity index (χ1v) is 3.56. The van der Waals surface area contributed by atoms with E-state index in [0.717, 1.165) is 0 Å². The molecule has 1 rings (SSSR count). The van der Waals surface area contributed by atoms with E-state index in [1.807, 2.05) is 0 Å². The number of hydrogen-bond acceptors (Lipinski definition) is 6. The van der Waals surface area contributed by atoms with Crippen LogP contribution in [-0.2, 0) is 4.74 Å². The minimum atomic E-state index is -1.57. The van der Waals surface area contributed by atoms with Crippen molar-refractivity contribution in [3.63, 3.8) is 0 Å². The fourth-order valence-corrected chi connectivity index (χ4v) is 1.08. The van der Waals surface area contributed by atoms with Crippen molar-refractivity contribution in [3.8, 4) is 0 Å². The van der Waals surface area contributed by atoms with E-state index in [1.165, 1.54) is 0 Å². The molecule has 1 saturated heterocycles. The highest BCUT2D eigenvalue weighted by atomic mass is 35.5. The second-order valence-corrected chi connectivity index (χ2v) is 2.72. The lowest BCUT2D eigenvalue weighted by atomic mass is 10.00. The molecule has 0 saturated carbocycles. The maximum Gasteiger partial charge on any atom is 0.184 e. The Labute approximate surface area is 80.8 Å². The molecule has 1 fully saturated rings. The van der Waals surface area contributed by atoms with Crippen LogP contribution in [0, 0.1) is 0 Å². The summed E-state index contributed by atoms with van der Waals surface area (Å²) in [6.45, 7) is -0.526. The minimum absolute atomic E-state index is 0. The van der Waals surface area contributed by atoms with Gasteiger partial charge in [0.25, 0.3) is 0 Å². The second kappa shape index (κ2) is 5.06. The SMILES string of the molecule is Cl.OC[C@H]1O[C@@H](O)[C@H](O)[C@@H](O)[C@H]1O. The van der Waals surface area contributed by atoms with Crippen molar-refractivity contribution < 1.29 is 30.3 Å². The second-order valence-electron chi connectivity index (χ2n) is 2.72. The maximum atomic E-state index is 9.12. The molecule has 1 aliphatic rings. The quantitative estimate of drug-likeness (QED) is 0.324. The summed E-state index contributed by atoms with van der Waals surface area (Å²) in [7, 11) is 0. The van der Waals surface area contributed by atoms with E-state index in [1.54, 1.807) is 0 Å². The van der Waals surface area contributed by atoms with E-state index in [2.05, 4.69) is 4.74 Å². The molecule has 0 spiro atoms. The third-order valence-electron chi connectivity index (χ3n) is 1.87. The van der Waals surface area contributed by atoms with Crippen LogP contribution in [-0.4, -0.2) is 62.8 Å². The van der Waals surface area contributed by atoms with E-state index < -0.39 is 37.3 Å². The van der Waals surface area contributed by atoms with Crippen LogP contribution >= 0.6 is 12.4 Å². The average molecular weight is 217 g/mol. The van der Waals surface area contributed by atoms with E-state index in [4.69, 9.17) is 25.5 Å². The Bertz CT molecular complexity index is 151. The van der Waals surface area contributed by atoms with E-state index in [0.29, 0.717) is 0 Å². The Morgan fingerprint density at radius 2 is 1.46 bits per heavy atom. The van der Waals surface area contributed by atoms with Crippen molar-refractivity contribution >= 4 is 12.4 Å². The zero-order valence-corrected chi connectivity index (χ0v) is 7.46. The molecule has 7 heteroatoms. The van der Waals surface area contributed by atoms with E-state index >= 15 is 0 Å². The molecule has 1 heterocycles. The number of ether oxygens (including phenoxy) is 1. The normalized spacial score (nSPS) is 45.5. The largest absolute Gasteiger partial charge is 0.394 e. The molecule has 0 aromatic rings. The molecule has 5 N–H and O–H groups in total. The number of rotatable bonds is 1. The summed E-state index contributed by atoms with van der Waals surface area (Å²) in [5, 5.41) is 44.7. The fourth-order valence-electron chi connectivity index (χ4n) is 1.08. The van der Waals surface area contributed by atoms with Crippen LogP contribution in [0.1, 0.15) is 0 Å². The molecule has 0 aromatic carbocycles. The van der Waals surface area contributed by atoms with Gasteiger partial charge < -0.3 is 30.3 Å². The molecule has 0 bridgehead atoms. The van der Waals surface area contributed by atoms with Gasteiger partial charge in [0.15, 0.2) is 6.29 Å². The number of aliphatic hydroxyl groups excluding tert-OH is 5. The van der Waals surface area contributed by atoms with Crippen LogP contribution in [0.25, 0.3) is 0 Å². The van der Waals surface area contributed by atoms with Crippen molar-refractivity contribution in [2.24, 2.45) is 0 Å². The molecule has 0 unspecified atom stereocenters. The number of halogens is 1. The highest BCUT2D eigenvalue weighted by Gasteiger charge is 2.42. The monoisotopic (exact) mass is 216 g/mol. The summed E-state index contributed by atoms with van der Waals surface area (Å²) in [6.07, 6.45) is -7.04. The van der Waals surface area contributed by atoms with Gasteiger partial charge in [0.1, 0.15) is 24.4 Å². The molecule has 1 aliphatic heterocycles. The van der Waals surface area contributed by atoms with Crippen LogP contribution < -0.4 is 0 Å². The van der Waals surface area contributed by atoms with Gasteiger partial charge in [-0.2, -0.15) is 0 Å². The van der Waals surface area contributed by atoms with Crippen molar-refractivity contribution in [2.75, 3.05) is 6.61 Å². The van der Waals surface area contributed by atoms with Gasteiger partial charge in [-0.1, -0.05) is 0 Å². The summed E-state index contributed by atoms with van der Waals surface area (Å²) < 4.78 is 4.58. The molecule has 0 aromatic heterocycles. The standard InChI is InChI=1S/C6H12O6.ClH/c7-1-2-3(8)4(9)5(10)6(11)12-2;/h2-11H,1H2;1H/t2-,3+,4+,5-,6-;/m1./s1. The Hall–Kier alpha value is 0.0500. The number of aliphatic hydroxyl groups is 5. The van der Waals surface area contributed by atoms with Gasteiger partial charge in [-0.15, -0.1) is 12.4 Å². The first-order chi connectivity index (χ1) is 5.57. The van der Waals surface area contributed by atoms with Crippen molar-refractivity contribution in [1.29, 1.82) is 0 Å². The lowest BCUT2D eigenvalue weighted by Crippen LogP contribution is -2.58. The Balaban J connectivity index is 0.00000144. The average Bonchev–Trinajstić information content (AvgIpc) is 2.08. The molecular weight excluding hydrogens is 204 g/mol. The van der Waals surface area contributed by atoms with Gasteiger partial charge >= 0.3 is 0 Å². The highest BCUT2D eigenvalue weighted by molar-refractivity contribution is 5.85. The van der Waals surface area contributed by atoms with Gasteiger partial charge in [-0.3, -0.25) is 0 Å². The van der Waals surface area contributed by atoms with Crippen LogP contribution in [0.2, 0.25) is 0 Å². The smallest absolute Gasteiger partial charge is 0.184 e. The first-order valence-electron chi connectivity index (χ1n) is 3.56.